The van der Waals surface area contributed by atoms with E-state index in [2.05, 4.69) is 5.43 Å². The Kier molecular flexibility index (Phi) is 7.38. The van der Waals surface area contributed by atoms with Gasteiger partial charge in [-0.2, -0.15) is 5.01 Å². The molecule has 2 N–H and O–H groups in total. The van der Waals surface area contributed by atoms with Crippen molar-refractivity contribution in [3.8, 4) is 5.75 Å². The summed E-state index contributed by atoms with van der Waals surface area (Å²) < 4.78 is 0. The second-order valence-electron chi connectivity index (χ2n) is 14.3. The molecule has 0 spiro atoms. The third-order valence-electron chi connectivity index (χ3n) is 11.7. The SMILES string of the molecule is Cc1ccc(NN2C(=O)[C@@H]3C[C@@H]4C(=CC[C@@H]5C(=O)N(c6ccc(Cl)cc6)C(=O)[C@@H]54)[C@H](c4c(O)ccc5ccccc45)[C@]3(c3ccccc3)C2=O)cc1. The van der Waals surface area contributed by atoms with Gasteiger partial charge in [-0.05, 0) is 84.5 Å². The summed E-state index contributed by atoms with van der Waals surface area (Å²) in [6.07, 6.45) is 2.44. The molecule has 6 atom stereocenters. The number of halogens is 1. The standard InChI is InChI=1S/C43H34ClN3O5/c1-24-11-16-28(17-12-24)45-47-40(50)34-23-33-31(20-21-32-36(33)41(51)46(39(32)49)29-18-14-27(44)15-19-29)38(43(34,42(47)52)26-8-3-2-4-9-26)37-30-10-6-5-7-25(30)13-22-35(37)48/h2-20,22,32-34,36,38,45,48H,21,23H2,1H3/t32-,33+,34-,36-,38+,43+/m0/s1. The van der Waals surface area contributed by atoms with Crippen LogP contribution in [0.2, 0.25) is 5.02 Å². The molecule has 8 nitrogen and oxygen atoms in total. The monoisotopic (exact) mass is 707 g/mol. The molecular weight excluding hydrogens is 674 g/mol. The Labute approximate surface area is 305 Å². The number of rotatable bonds is 5. The summed E-state index contributed by atoms with van der Waals surface area (Å²) in [4.78, 5) is 60.3. The fraction of sp³-hybridized carbons (Fsp3) is 0.209. The summed E-state index contributed by atoms with van der Waals surface area (Å²) in [6.45, 7) is 1.96. The maximum Gasteiger partial charge on any atom is 0.260 e. The average Bonchev–Trinajstić information content (AvgIpc) is 3.54. The number of phenols is 1. The van der Waals surface area contributed by atoms with Crippen LogP contribution in [0, 0.1) is 30.6 Å². The van der Waals surface area contributed by atoms with Gasteiger partial charge in [-0.25, -0.2) is 0 Å². The molecule has 0 bridgehead atoms. The van der Waals surface area contributed by atoms with Gasteiger partial charge in [0.15, 0.2) is 0 Å². The topological polar surface area (TPSA) is 107 Å². The first kappa shape index (κ1) is 32.2. The lowest BCUT2D eigenvalue weighted by atomic mass is 9.48. The Balaban J connectivity index is 1.28. The zero-order valence-corrected chi connectivity index (χ0v) is 29.0. The first-order chi connectivity index (χ1) is 25.2. The Morgan fingerprint density at radius 1 is 0.769 bits per heavy atom. The van der Waals surface area contributed by atoms with Crippen LogP contribution in [0.4, 0.5) is 11.4 Å². The smallest absolute Gasteiger partial charge is 0.260 e. The number of imide groups is 2. The lowest BCUT2D eigenvalue weighted by Crippen LogP contribution is -2.53. The summed E-state index contributed by atoms with van der Waals surface area (Å²) in [6, 6.07) is 34.6. The number of hydrogen-bond donors (Lipinski definition) is 2. The molecule has 258 valence electrons. The number of phenolic OH excluding ortho intramolecular Hbond substituents is 1. The fourth-order valence-corrected chi connectivity index (χ4v) is 9.62. The molecule has 0 aromatic heterocycles. The van der Waals surface area contributed by atoms with E-state index in [9.17, 15) is 19.5 Å². The van der Waals surface area contributed by atoms with E-state index in [1.807, 2.05) is 97.9 Å². The minimum Gasteiger partial charge on any atom is -0.508 e. The van der Waals surface area contributed by atoms with Crippen LogP contribution < -0.4 is 10.3 Å². The van der Waals surface area contributed by atoms with Gasteiger partial charge in [-0.15, -0.1) is 0 Å². The Hall–Kier alpha value is -5.73. The lowest BCUT2D eigenvalue weighted by molar-refractivity contribution is -0.138. The average molecular weight is 708 g/mol. The first-order valence-electron chi connectivity index (χ1n) is 17.5. The van der Waals surface area contributed by atoms with Gasteiger partial charge in [-0.3, -0.25) is 29.5 Å². The van der Waals surface area contributed by atoms with E-state index in [-0.39, 0.29) is 30.4 Å². The predicted molar refractivity (Wildman–Crippen MR) is 198 cm³/mol. The van der Waals surface area contributed by atoms with Crippen molar-refractivity contribution >= 4 is 57.4 Å². The molecule has 4 amide bonds. The molecule has 0 unspecified atom stereocenters. The second kappa shape index (κ2) is 11.9. The van der Waals surface area contributed by atoms with Crippen LogP contribution in [0.5, 0.6) is 5.75 Å². The number of hydrogen-bond acceptors (Lipinski definition) is 6. The van der Waals surface area contributed by atoms with Crippen molar-refractivity contribution in [2.45, 2.75) is 31.1 Å². The zero-order valence-electron chi connectivity index (χ0n) is 28.2. The molecule has 4 aliphatic rings. The third kappa shape index (κ3) is 4.53. The minimum absolute atomic E-state index is 0.0109. The molecule has 5 aromatic rings. The van der Waals surface area contributed by atoms with Crippen LogP contribution in [0.15, 0.2) is 127 Å². The molecule has 5 aromatic carbocycles. The van der Waals surface area contributed by atoms with Crippen molar-refractivity contribution in [1.82, 2.24) is 5.01 Å². The molecule has 3 fully saturated rings. The highest BCUT2D eigenvalue weighted by molar-refractivity contribution is 6.31. The van der Waals surface area contributed by atoms with Crippen LogP contribution in [-0.4, -0.2) is 33.7 Å². The fourth-order valence-electron chi connectivity index (χ4n) is 9.49. The van der Waals surface area contributed by atoms with E-state index < -0.39 is 46.8 Å². The van der Waals surface area contributed by atoms with Crippen molar-refractivity contribution in [3.63, 3.8) is 0 Å². The molecule has 2 aliphatic heterocycles. The number of allylic oxidation sites excluding steroid dienone is 2. The number of aromatic hydroxyl groups is 1. The summed E-state index contributed by atoms with van der Waals surface area (Å²) in [5.74, 6) is -5.26. The Morgan fingerprint density at radius 2 is 1.48 bits per heavy atom. The predicted octanol–water partition coefficient (Wildman–Crippen LogP) is 7.70. The number of hydrazine groups is 1. The largest absolute Gasteiger partial charge is 0.508 e. The highest BCUT2D eigenvalue weighted by atomic mass is 35.5. The molecule has 2 aliphatic carbocycles. The Morgan fingerprint density at radius 3 is 2.23 bits per heavy atom. The summed E-state index contributed by atoms with van der Waals surface area (Å²) in [7, 11) is 0. The second-order valence-corrected chi connectivity index (χ2v) is 14.7. The van der Waals surface area contributed by atoms with Crippen molar-refractivity contribution in [2.75, 3.05) is 10.3 Å². The van der Waals surface area contributed by atoms with Gasteiger partial charge in [-0.1, -0.05) is 102 Å². The van der Waals surface area contributed by atoms with E-state index in [4.69, 9.17) is 11.6 Å². The van der Waals surface area contributed by atoms with Crippen molar-refractivity contribution in [2.24, 2.45) is 23.7 Å². The number of anilines is 2. The van der Waals surface area contributed by atoms with E-state index in [0.29, 0.717) is 27.5 Å². The maximum absolute atomic E-state index is 15.5. The van der Waals surface area contributed by atoms with Crippen molar-refractivity contribution in [1.29, 1.82) is 0 Å². The highest BCUT2D eigenvalue weighted by Crippen LogP contribution is 2.65. The number of carbonyl (C=O) groups is 4. The molecule has 52 heavy (non-hydrogen) atoms. The van der Waals surface area contributed by atoms with Crippen molar-refractivity contribution < 1.29 is 24.3 Å². The quantitative estimate of drug-likeness (QED) is 0.143. The van der Waals surface area contributed by atoms with Crippen molar-refractivity contribution in [3.05, 3.63) is 149 Å². The minimum atomic E-state index is -1.49. The number of benzene rings is 5. The van der Waals surface area contributed by atoms with Gasteiger partial charge >= 0.3 is 0 Å². The highest BCUT2D eigenvalue weighted by Gasteiger charge is 2.70. The summed E-state index contributed by atoms with van der Waals surface area (Å²) >= 11 is 6.16. The number of amides is 4. The molecule has 9 rings (SSSR count). The first-order valence-corrected chi connectivity index (χ1v) is 17.9. The van der Waals surface area contributed by atoms with E-state index in [0.717, 1.165) is 26.9 Å². The Bertz CT molecular complexity index is 2340. The number of carbonyl (C=O) groups excluding carboxylic acids is 4. The van der Waals surface area contributed by atoms with Gasteiger partial charge in [0, 0.05) is 16.5 Å². The molecule has 2 heterocycles. The van der Waals surface area contributed by atoms with Gasteiger partial charge in [0.05, 0.1) is 34.5 Å². The van der Waals surface area contributed by atoms with Crippen LogP contribution in [0.3, 0.4) is 0 Å². The maximum atomic E-state index is 15.5. The van der Waals surface area contributed by atoms with Gasteiger partial charge in [0.25, 0.3) is 11.8 Å². The van der Waals surface area contributed by atoms with E-state index >= 15 is 4.79 Å². The van der Waals surface area contributed by atoms with E-state index in [1.54, 1.807) is 30.3 Å². The van der Waals surface area contributed by atoms with Gasteiger partial charge < -0.3 is 5.11 Å². The van der Waals surface area contributed by atoms with E-state index in [1.165, 1.54) is 4.90 Å². The molecule has 9 heteroatoms. The molecule has 0 radical (unpaired) electrons. The summed E-state index contributed by atoms with van der Waals surface area (Å²) in [5, 5.41) is 15.1. The number of nitrogens with one attached hydrogen (secondary N) is 1. The zero-order chi connectivity index (χ0) is 35.9. The normalized spacial score (nSPS) is 26.7. The molecule has 2 saturated heterocycles. The number of aryl methyl sites for hydroxylation is 1. The number of nitrogens with zero attached hydrogens (tertiary/aromatic N) is 2. The summed E-state index contributed by atoms with van der Waals surface area (Å²) in [5.41, 5.74) is 5.62. The van der Waals surface area contributed by atoms with Crippen LogP contribution in [0.1, 0.15) is 35.4 Å². The molecular formula is C43H34ClN3O5. The number of fused-ring (bicyclic) bond motifs is 5. The lowest BCUT2D eigenvalue weighted by Gasteiger charge is -2.51. The van der Waals surface area contributed by atoms with Crippen LogP contribution >= 0.6 is 11.6 Å². The molecule has 1 saturated carbocycles. The van der Waals surface area contributed by atoms with Gasteiger partial charge in [0.1, 0.15) is 5.75 Å². The van der Waals surface area contributed by atoms with Crippen LogP contribution in [-0.2, 0) is 24.6 Å². The van der Waals surface area contributed by atoms with Crippen LogP contribution in [0.25, 0.3) is 10.8 Å². The third-order valence-corrected chi connectivity index (χ3v) is 12.0. The van der Waals surface area contributed by atoms with Gasteiger partial charge in [0.2, 0.25) is 11.8 Å².